The van der Waals surface area contributed by atoms with Crippen LogP contribution in [0.5, 0.6) is 0 Å². The van der Waals surface area contributed by atoms with E-state index in [0.29, 0.717) is 18.5 Å². The average molecular weight is 263 g/mol. The van der Waals surface area contributed by atoms with Gasteiger partial charge in [0.15, 0.2) is 0 Å². The van der Waals surface area contributed by atoms with Crippen molar-refractivity contribution < 1.29 is 4.79 Å². The lowest BCUT2D eigenvalue weighted by atomic mass is 10.2. The zero-order valence-corrected chi connectivity index (χ0v) is 11.0. The number of nitrogens with one attached hydrogen (secondary N) is 1. The zero-order chi connectivity index (χ0) is 13.2. The van der Waals surface area contributed by atoms with Crippen molar-refractivity contribution in [3.8, 4) is 6.07 Å². The van der Waals surface area contributed by atoms with Crippen molar-refractivity contribution in [1.29, 1.82) is 5.26 Å². The van der Waals surface area contributed by atoms with E-state index in [2.05, 4.69) is 5.32 Å². The Morgan fingerprint density at radius 1 is 1.33 bits per heavy atom. The standard InChI is InChI=1S/C13H17N3OS/c14-7-1-8-18-9-6-13(17)16-12-4-2-11(10-15)3-5-12/h2-5H,1,6-9,14H2,(H,16,17). The van der Waals surface area contributed by atoms with Gasteiger partial charge in [0, 0.05) is 17.9 Å². The molecule has 96 valence electrons. The Hall–Kier alpha value is -1.51. The first-order chi connectivity index (χ1) is 8.76. The second kappa shape index (κ2) is 8.56. The van der Waals surface area contributed by atoms with Gasteiger partial charge in [-0.2, -0.15) is 17.0 Å². The molecule has 18 heavy (non-hydrogen) atoms. The SMILES string of the molecule is N#Cc1ccc(NC(=O)CCSCCCN)cc1. The molecule has 0 spiro atoms. The van der Waals surface area contributed by atoms with Crippen molar-refractivity contribution in [2.75, 3.05) is 23.4 Å². The molecular formula is C13H17N3OS. The number of rotatable bonds is 7. The van der Waals surface area contributed by atoms with Crippen LogP contribution in [-0.2, 0) is 4.79 Å². The zero-order valence-electron chi connectivity index (χ0n) is 10.2. The number of nitrogens with zero attached hydrogens (tertiary/aromatic N) is 1. The van der Waals surface area contributed by atoms with Crippen LogP contribution in [0, 0.1) is 11.3 Å². The lowest BCUT2D eigenvalue weighted by Crippen LogP contribution is -2.12. The number of nitrogens with two attached hydrogens (primary N) is 1. The third kappa shape index (κ3) is 5.71. The lowest BCUT2D eigenvalue weighted by molar-refractivity contribution is -0.115. The number of amides is 1. The van der Waals surface area contributed by atoms with E-state index in [0.717, 1.165) is 23.6 Å². The molecule has 3 N–H and O–H groups in total. The van der Waals surface area contributed by atoms with Crippen LogP contribution in [-0.4, -0.2) is 24.0 Å². The van der Waals surface area contributed by atoms with Gasteiger partial charge >= 0.3 is 0 Å². The molecule has 0 aliphatic carbocycles. The predicted octanol–water partition coefficient (Wildman–Crippen LogP) is 1.97. The molecule has 0 bridgehead atoms. The van der Waals surface area contributed by atoms with E-state index in [1.54, 1.807) is 36.0 Å². The second-order valence-electron chi connectivity index (χ2n) is 3.74. The highest BCUT2D eigenvalue weighted by molar-refractivity contribution is 7.99. The van der Waals surface area contributed by atoms with Crippen molar-refractivity contribution >= 4 is 23.4 Å². The average Bonchev–Trinajstić information content (AvgIpc) is 2.39. The van der Waals surface area contributed by atoms with Crippen molar-refractivity contribution in [3.63, 3.8) is 0 Å². The van der Waals surface area contributed by atoms with Crippen molar-refractivity contribution in [2.24, 2.45) is 5.73 Å². The molecular weight excluding hydrogens is 246 g/mol. The summed E-state index contributed by atoms with van der Waals surface area (Å²) in [5.74, 6) is 1.81. The predicted molar refractivity (Wildman–Crippen MR) is 75.4 cm³/mol. The molecule has 5 heteroatoms. The Morgan fingerprint density at radius 2 is 2.06 bits per heavy atom. The van der Waals surface area contributed by atoms with Crippen LogP contribution in [0.1, 0.15) is 18.4 Å². The maximum atomic E-state index is 11.6. The molecule has 0 aliphatic heterocycles. The topological polar surface area (TPSA) is 78.9 Å². The second-order valence-corrected chi connectivity index (χ2v) is 4.97. The van der Waals surface area contributed by atoms with E-state index < -0.39 is 0 Å². The molecule has 1 aromatic carbocycles. The fourth-order valence-corrected chi connectivity index (χ4v) is 2.21. The van der Waals surface area contributed by atoms with Gasteiger partial charge < -0.3 is 11.1 Å². The number of thioether (sulfide) groups is 1. The number of nitriles is 1. The first-order valence-electron chi connectivity index (χ1n) is 5.84. The molecule has 0 heterocycles. The minimum absolute atomic E-state index is 0.0000406. The molecule has 1 aromatic rings. The minimum atomic E-state index is -0.0000406. The molecule has 0 unspecified atom stereocenters. The molecule has 0 saturated heterocycles. The highest BCUT2D eigenvalue weighted by atomic mass is 32.2. The van der Waals surface area contributed by atoms with Crippen molar-refractivity contribution in [1.82, 2.24) is 0 Å². The van der Waals surface area contributed by atoms with E-state index in [-0.39, 0.29) is 5.91 Å². The Kier molecular flexibility index (Phi) is 6.92. The summed E-state index contributed by atoms with van der Waals surface area (Å²) in [4.78, 5) is 11.6. The highest BCUT2D eigenvalue weighted by Gasteiger charge is 2.02. The monoisotopic (exact) mass is 263 g/mol. The van der Waals surface area contributed by atoms with Gasteiger partial charge in [-0.15, -0.1) is 0 Å². The maximum absolute atomic E-state index is 11.6. The van der Waals surface area contributed by atoms with Crippen LogP contribution >= 0.6 is 11.8 Å². The third-order valence-corrected chi connectivity index (χ3v) is 3.33. The van der Waals surface area contributed by atoms with Gasteiger partial charge in [-0.3, -0.25) is 4.79 Å². The Morgan fingerprint density at radius 3 is 2.67 bits per heavy atom. The fraction of sp³-hybridized carbons (Fsp3) is 0.385. The van der Waals surface area contributed by atoms with Crippen LogP contribution < -0.4 is 11.1 Å². The van der Waals surface area contributed by atoms with E-state index in [9.17, 15) is 4.79 Å². The van der Waals surface area contributed by atoms with Crippen LogP contribution in [0.2, 0.25) is 0 Å². The summed E-state index contributed by atoms with van der Waals surface area (Å²) in [6, 6.07) is 8.88. The molecule has 1 amide bonds. The molecule has 0 atom stereocenters. The smallest absolute Gasteiger partial charge is 0.225 e. The van der Waals surface area contributed by atoms with Gasteiger partial charge in [0.1, 0.15) is 0 Å². The fourth-order valence-electron chi connectivity index (χ4n) is 1.30. The normalized spacial score (nSPS) is 9.78. The van der Waals surface area contributed by atoms with Gasteiger partial charge in [-0.25, -0.2) is 0 Å². The number of carbonyl (C=O) groups excluding carboxylic acids is 1. The summed E-state index contributed by atoms with van der Waals surface area (Å²) in [6.07, 6.45) is 1.48. The molecule has 0 saturated carbocycles. The summed E-state index contributed by atoms with van der Waals surface area (Å²) in [6.45, 7) is 0.699. The van der Waals surface area contributed by atoms with Gasteiger partial charge in [0.2, 0.25) is 5.91 Å². The number of hydrogen-bond acceptors (Lipinski definition) is 4. The lowest BCUT2D eigenvalue weighted by Gasteiger charge is -2.05. The van der Waals surface area contributed by atoms with Crippen LogP contribution in [0.25, 0.3) is 0 Å². The number of benzene rings is 1. The van der Waals surface area contributed by atoms with Gasteiger partial charge in [-0.05, 0) is 43.0 Å². The highest BCUT2D eigenvalue weighted by Crippen LogP contribution is 2.10. The first-order valence-corrected chi connectivity index (χ1v) is 6.99. The summed E-state index contributed by atoms with van der Waals surface area (Å²) in [5.41, 5.74) is 6.70. The maximum Gasteiger partial charge on any atom is 0.225 e. The first kappa shape index (κ1) is 14.6. The summed E-state index contributed by atoms with van der Waals surface area (Å²) >= 11 is 1.74. The molecule has 0 aromatic heterocycles. The number of carbonyl (C=O) groups is 1. The molecule has 4 nitrogen and oxygen atoms in total. The largest absolute Gasteiger partial charge is 0.330 e. The van der Waals surface area contributed by atoms with Crippen LogP contribution in [0.4, 0.5) is 5.69 Å². The molecule has 0 aliphatic rings. The quantitative estimate of drug-likeness (QED) is 0.737. The molecule has 1 rings (SSSR count). The number of hydrogen-bond donors (Lipinski definition) is 2. The molecule has 0 fully saturated rings. The van der Waals surface area contributed by atoms with Crippen molar-refractivity contribution in [2.45, 2.75) is 12.8 Å². The van der Waals surface area contributed by atoms with Gasteiger partial charge in [0.25, 0.3) is 0 Å². The van der Waals surface area contributed by atoms with Gasteiger partial charge in [0.05, 0.1) is 11.6 Å². The van der Waals surface area contributed by atoms with Crippen molar-refractivity contribution in [3.05, 3.63) is 29.8 Å². The van der Waals surface area contributed by atoms with E-state index in [1.165, 1.54) is 0 Å². The molecule has 0 radical (unpaired) electrons. The minimum Gasteiger partial charge on any atom is -0.330 e. The Bertz CT molecular complexity index is 411. The number of anilines is 1. The Balaban J connectivity index is 2.25. The third-order valence-electron chi connectivity index (χ3n) is 2.26. The van der Waals surface area contributed by atoms with Crippen LogP contribution in [0.15, 0.2) is 24.3 Å². The van der Waals surface area contributed by atoms with E-state index in [4.69, 9.17) is 11.0 Å². The Labute approximate surface area is 112 Å². The summed E-state index contributed by atoms with van der Waals surface area (Å²) in [5, 5.41) is 11.4. The van der Waals surface area contributed by atoms with E-state index >= 15 is 0 Å². The van der Waals surface area contributed by atoms with Crippen LogP contribution in [0.3, 0.4) is 0 Å². The van der Waals surface area contributed by atoms with E-state index in [1.807, 2.05) is 6.07 Å². The summed E-state index contributed by atoms with van der Waals surface area (Å²) in [7, 11) is 0. The van der Waals surface area contributed by atoms with Gasteiger partial charge in [-0.1, -0.05) is 0 Å². The summed E-state index contributed by atoms with van der Waals surface area (Å²) < 4.78 is 0.